The average molecular weight is 343 g/mol. The number of likely N-dealkylation sites (N-methyl/N-ethyl adjacent to an activating group) is 1. The number of methoxy groups -OCH3 is 1. The van der Waals surface area contributed by atoms with Gasteiger partial charge in [-0.15, -0.1) is 0 Å². The Morgan fingerprint density at radius 3 is 2.24 bits per heavy atom. The Kier molecular flexibility index (Phi) is 6.69. The lowest BCUT2D eigenvalue weighted by Crippen LogP contribution is -2.29. The van der Waals surface area contributed by atoms with Crippen LogP contribution in [0.5, 0.6) is 5.75 Å². The van der Waals surface area contributed by atoms with Crippen LogP contribution in [0.3, 0.4) is 0 Å². The summed E-state index contributed by atoms with van der Waals surface area (Å²) in [6.07, 6.45) is 1.00. The van der Waals surface area contributed by atoms with Crippen LogP contribution >= 0.6 is 0 Å². The number of benzene rings is 2. The van der Waals surface area contributed by atoms with Crippen LogP contribution < -0.4 is 4.74 Å². The third-order valence-corrected chi connectivity index (χ3v) is 4.05. The number of amides is 1. The molecule has 0 aliphatic heterocycles. The molecule has 0 radical (unpaired) electrons. The largest absolute Gasteiger partial charge is 0.497 e. The molecule has 132 valence electrons. The molecule has 2 rings (SSSR count). The monoisotopic (exact) mass is 343 g/mol. The first-order valence-electron chi connectivity index (χ1n) is 8.15. The molecule has 0 saturated carbocycles. The lowest BCUT2D eigenvalue weighted by molar-refractivity contribution is -0.129. The van der Waals surface area contributed by atoms with Gasteiger partial charge < -0.3 is 9.64 Å². The summed E-state index contributed by atoms with van der Waals surface area (Å²) in [5.41, 5.74) is 1.54. The van der Waals surface area contributed by atoms with Gasteiger partial charge in [0.1, 0.15) is 11.6 Å². The zero-order valence-corrected chi connectivity index (χ0v) is 14.5. The van der Waals surface area contributed by atoms with E-state index in [0.29, 0.717) is 12.1 Å². The Balaban J connectivity index is 1.77. The standard InChI is InChI=1S/C20H22FNO3/c1-22(14-13-15-3-9-18(25-2)10-4-15)20(24)12-11-19(23)16-5-7-17(21)8-6-16/h3-10H,11-14H2,1-2H3. The fourth-order valence-corrected chi connectivity index (χ4v) is 2.41. The van der Waals surface area contributed by atoms with Crippen LogP contribution in [0.2, 0.25) is 0 Å². The highest BCUT2D eigenvalue weighted by Crippen LogP contribution is 2.12. The number of nitrogens with zero attached hydrogens (tertiary/aromatic N) is 1. The summed E-state index contributed by atoms with van der Waals surface area (Å²) in [4.78, 5) is 25.8. The van der Waals surface area contributed by atoms with Crippen LogP contribution in [-0.4, -0.2) is 37.3 Å². The van der Waals surface area contributed by atoms with Crippen molar-refractivity contribution >= 4 is 11.7 Å². The molecule has 0 spiro atoms. The smallest absolute Gasteiger partial charge is 0.222 e. The van der Waals surface area contributed by atoms with Crippen LogP contribution in [-0.2, 0) is 11.2 Å². The molecule has 0 saturated heterocycles. The summed E-state index contributed by atoms with van der Waals surface area (Å²) < 4.78 is 18.0. The lowest BCUT2D eigenvalue weighted by atomic mass is 10.1. The van der Waals surface area contributed by atoms with Crippen LogP contribution in [0.25, 0.3) is 0 Å². The molecule has 4 nitrogen and oxygen atoms in total. The fraction of sp³-hybridized carbons (Fsp3) is 0.300. The molecule has 2 aromatic rings. The third kappa shape index (κ3) is 5.71. The van der Waals surface area contributed by atoms with E-state index in [2.05, 4.69) is 0 Å². The molecule has 0 aliphatic rings. The number of hydrogen-bond acceptors (Lipinski definition) is 3. The summed E-state index contributed by atoms with van der Waals surface area (Å²) >= 11 is 0. The van der Waals surface area contributed by atoms with Crippen molar-refractivity contribution in [3.05, 3.63) is 65.5 Å². The molecule has 0 aromatic heterocycles. The van der Waals surface area contributed by atoms with Gasteiger partial charge in [-0.3, -0.25) is 9.59 Å². The average Bonchev–Trinajstić information content (AvgIpc) is 2.64. The normalized spacial score (nSPS) is 10.4. The highest BCUT2D eigenvalue weighted by molar-refractivity contribution is 5.97. The van der Waals surface area contributed by atoms with Crippen molar-refractivity contribution in [2.75, 3.05) is 20.7 Å². The van der Waals surface area contributed by atoms with Gasteiger partial charge >= 0.3 is 0 Å². The van der Waals surface area contributed by atoms with Gasteiger partial charge in [0.15, 0.2) is 5.78 Å². The van der Waals surface area contributed by atoms with E-state index in [1.807, 2.05) is 24.3 Å². The quantitative estimate of drug-likeness (QED) is 0.689. The summed E-state index contributed by atoms with van der Waals surface area (Å²) in [5.74, 6) is 0.180. The minimum absolute atomic E-state index is 0.0797. The van der Waals surface area contributed by atoms with Gasteiger partial charge in [-0.1, -0.05) is 12.1 Å². The fourth-order valence-electron chi connectivity index (χ4n) is 2.41. The van der Waals surface area contributed by atoms with Crippen LogP contribution in [0, 0.1) is 5.82 Å². The molecule has 2 aromatic carbocycles. The Labute approximate surface area is 147 Å². The number of halogens is 1. The van der Waals surface area contributed by atoms with E-state index in [9.17, 15) is 14.0 Å². The van der Waals surface area contributed by atoms with Crippen LogP contribution in [0.15, 0.2) is 48.5 Å². The van der Waals surface area contributed by atoms with Crippen molar-refractivity contribution < 1.29 is 18.7 Å². The zero-order chi connectivity index (χ0) is 18.2. The van der Waals surface area contributed by atoms with Gasteiger partial charge in [-0.2, -0.15) is 0 Å². The van der Waals surface area contributed by atoms with E-state index >= 15 is 0 Å². The molecule has 25 heavy (non-hydrogen) atoms. The van der Waals surface area contributed by atoms with E-state index in [-0.39, 0.29) is 30.3 Å². The number of rotatable bonds is 8. The molecule has 0 aliphatic carbocycles. The number of Topliss-reactive ketones (excluding diaryl/α,β-unsaturated/α-hetero) is 1. The number of carbonyl (C=O) groups is 2. The topological polar surface area (TPSA) is 46.6 Å². The van der Waals surface area contributed by atoms with E-state index in [4.69, 9.17) is 4.74 Å². The third-order valence-electron chi connectivity index (χ3n) is 4.05. The maximum atomic E-state index is 12.9. The van der Waals surface area contributed by atoms with Crippen molar-refractivity contribution in [1.82, 2.24) is 4.90 Å². The maximum absolute atomic E-state index is 12.9. The van der Waals surface area contributed by atoms with Crippen molar-refractivity contribution in [3.8, 4) is 5.75 Å². The van der Waals surface area contributed by atoms with Gasteiger partial charge in [0.2, 0.25) is 5.91 Å². The molecule has 0 atom stereocenters. The molecule has 5 heteroatoms. The van der Waals surface area contributed by atoms with E-state index in [0.717, 1.165) is 17.7 Å². The second kappa shape index (κ2) is 8.97. The minimum Gasteiger partial charge on any atom is -0.497 e. The Morgan fingerprint density at radius 1 is 1.00 bits per heavy atom. The summed E-state index contributed by atoms with van der Waals surface area (Å²) in [7, 11) is 3.35. The second-order valence-electron chi connectivity index (χ2n) is 5.84. The van der Waals surface area contributed by atoms with Crippen molar-refractivity contribution in [3.63, 3.8) is 0 Å². The molecular weight excluding hydrogens is 321 g/mol. The van der Waals surface area contributed by atoms with Crippen molar-refractivity contribution in [2.24, 2.45) is 0 Å². The van der Waals surface area contributed by atoms with Crippen molar-refractivity contribution in [1.29, 1.82) is 0 Å². The number of hydrogen-bond donors (Lipinski definition) is 0. The Hall–Kier alpha value is -2.69. The first-order chi connectivity index (χ1) is 12.0. The molecule has 0 fully saturated rings. The molecular formula is C20H22FNO3. The summed E-state index contributed by atoms with van der Waals surface area (Å²) in [5, 5.41) is 0. The lowest BCUT2D eigenvalue weighted by Gasteiger charge is -2.17. The number of carbonyl (C=O) groups excluding carboxylic acids is 2. The van der Waals surface area contributed by atoms with Crippen molar-refractivity contribution in [2.45, 2.75) is 19.3 Å². The first kappa shape index (κ1) is 18.6. The predicted octanol–water partition coefficient (Wildman–Crippen LogP) is 3.50. The summed E-state index contributed by atoms with van der Waals surface area (Å²) in [6, 6.07) is 13.1. The second-order valence-corrected chi connectivity index (χ2v) is 5.84. The number of ketones is 1. The minimum atomic E-state index is -0.383. The first-order valence-corrected chi connectivity index (χ1v) is 8.15. The predicted molar refractivity (Wildman–Crippen MR) is 94.3 cm³/mol. The highest BCUT2D eigenvalue weighted by atomic mass is 19.1. The molecule has 0 N–H and O–H groups in total. The van der Waals surface area contributed by atoms with E-state index < -0.39 is 0 Å². The maximum Gasteiger partial charge on any atom is 0.222 e. The Bertz CT molecular complexity index is 711. The highest BCUT2D eigenvalue weighted by Gasteiger charge is 2.13. The SMILES string of the molecule is COc1ccc(CCN(C)C(=O)CCC(=O)c2ccc(F)cc2)cc1. The van der Waals surface area contributed by atoms with E-state index in [1.54, 1.807) is 19.1 Å². The molecule has 1 amide bonds. The van der Waals surface area contributed by atoms with Gasteiger partial charge in [-0.05, 0) is 48.4 Å². The van der Waals surface area contributed by atoms with Crippen LogP contribution in [0.4, 0.5) is 4.39 Å². The van der Waals surface area contributed by atoms with Crippen LogP contribution in [0.1, 0.15) is 28.8 Å². The Morgan fingerprint density at radius 2 is 1.64 bits per heavy atom. The van der Waals surface area contributed by atoms with Gasteiger partial charge in [0.05, 0.1) is 7.11 Å². The molecule has 0 bridgehead atoms. The van der Waals surface area contributed by atoms with Gasteiger partial charge in [-0.25, -0.2) is 4.39 Å². The molecule has 0 heterocycles. The molecule has 0 unspecified atom stereocenters. The van der Waals surface area contributed by atoms with Gasteiger partial charge in [0.25, 0.3) is 0 Å². The van der Waals surface area contributed by atoms with Gasteiger partial charge in [0, 0.05) is 32.0 Å². The summed E-state index contributed by atoms with van der Waals surface area (Å²) in [6.45, 7) is 0.579. The zero-order valence-electron chi connectivity index (χ0n) is 14.5. The van der Waals surface area contributed by atoms with E-state index in [1.165, 1.54) is 24.3 Å². The number of ether oxygens (including phenoxy) is 1.